The van der Waals surface area contributed by atoms with Crippen LogP contribution in [0.3, 0.4) is 0 Å². The van der Waals surface area contributed by atoms with Gasteiger partial charge in [0.1, 0.15) is 11.2 Å². The maximum atomic E-state index is 13.1. The highest BCUT2D eigenvalue weighted by molar-refractivity contribution is 7.88. The standard InChI is InChI=1S/C27H34N4O4S/c1-17-14-28-25-22(17)13-19(15-29-25)18-11-20-16-30(36(5,33)34)10-8-21(20)23(12-18)24-7-6-9-31(24)26(32)35-27(2,3)4/h11-15,24H,6-10,16H2,1-5H3,(H,28,29)/t24-/m0/s1. The van der Waals surface area contributed by atoms with Crippen molar-refractivity contribution in [2.24, 2.45) is 0 Å². The molecule has 8 nitrogen and oxygen atoms in total. The third kappa shape index (κ3) is 4.74. The molecule has 1 atom stereocenters. The van der Waals surface area contributed by atoms with E-state index in [0.29, 0.717) is 26.1 Å². The number of nitrogens with one attached hydrogen (secondary N) is 1. The van der Waals surface area contributed by atoms with Gasteiger partial charge in [0, 0.05) is 43.0 Å². The molecule has 0 radical (unpaired) electrons. The second-order valence-electron chi connectivity index (χ2n) is 11.0. The van der Waals surface area contributed by atoms with E-state index >= 15 is 0 Å². The van der Waals surface area contributed by atoms with Crippen LogP contribution in [0.15, 0.2) is 30.6 Å². The largest absolute Gasteiger partial charge is 0.444 e. The summed E-state index contributed by atoms with van der Waals surface area (Å²) < 4.78 is 32.0. The van der Waals surface area contributed by atoms with Crippen LogP contribution in [0.1, 0.15) is 61.9 Å². The van der Waals surface area contributed by atoms with E-state index in [1.807, 2.05) is 45.0 Å². The fraction of sp³-hybridized carbons (Fsp3) is 0.481. The number of pyridine rings is 1. The maximum Gasteiger partial charge on any atom is 0.410 e. The number of hydrogen-bond donors (Lipinski definition) is 1. The van der Waals surface area contributed by atoms with Crippen LogP contribution in [0, 0.1) is 6.92 Å². The van der Waals surface area contributed by atoms with Gasteiger partial charge in [-0.25, -0.2) is 18.2 Å². The zero-order chi connectivity index (χ0) is 25.8. The molecule has 192 valence electrons. The topological polar surface area (TPSA) is 95.6 Å². The first-order valence-electron chi connectivity index (χ1n) is 12.5. The van der Waals surface area contributed by atoms with Gasteiger partial charge in [-0.15, -0.1) is 0 Å². The van der Waals surface area contributed by atoms with E-state index in [4.69, 9.17) is 4.74 Å². The Morgan fingerprint density at radius 2 is 1.94 bits per heavy atom. The molecular formula is C27H34N4O4S. The van der Waals surface area contributed by atoms with Crippen LogP contribution in [0.25, 0.3) is 22.2 Å². The number of fused-ring (bicyclic) bond motifs is 2. The lowest BCUT2D eigenvalue weighted by atomic mass is 9.87. The van der Waals surface area contributed by atoms with Crippen molar-refractivity contribution >= 4 is 27.1 Å². The van der Waals surface area contributed by atoms with Crippen LogP contribution in [0.2, 0.25) is 0 Å². The normalized spacial score (nSPS) is 19.0. The minimum atomic E-state index is -3.32. The lowest BCUT2D eigenvalue weighted by molar-refractivity contribution is 0.0223. The lowest BCUT2D eigenvalue weighted by Crippen LogP contribution is -2.38. The molecule has 9 heteroatoms. The highest BCUT2D eigenvalue weighted by atomic mass is 32.2. The summed E-state index contributed by atoms with van der Waals surface area (Å²) in [6.07, 6.45) is 7.11. The molecule has 2 aliphatic heterocycles. The van der Waals surface area contributed by atoms with Crippen molar-refractivity contribution in [3.05, 3.63) is 52.8 Å². The molecule has 1 amide bonds. The molecule has 0 saturated carbocycles. The third-order valence-electron chi connectivity index (χ3n) is 7.11. The minimum absolute atomic E-state index is 0.107. The number of nitrogens with zero attached hydrogens (tertiary/aromatic N) is 3. The minimum Gasteiger partial charge on any atom is -0.444 e. The number of carbonyl (C=O) groups is 1. The summed E-state index contributed by atoms with van der Waals surface area (Å²) in [4.78, 5) is 22.7. The Labute approximate surface area is 212 Å². The molecule has 2 aromatic heterocycles. The Bertz CT molecular complexity index is 1440. The number of ether oxygens (including phenoxy) is 1. The molecule has 0 aliphatic carbocycles. The number of H-pyrrole nitrogens is 1. The number of aryl methyl sites for hydroxylation is 1. The van der Waals surface area contributed by atoms with Crippen LogP contribution in [-0.2, 0) is 27.7 Å². The van der Waals surface area contributed by atoms with E-state index in [1.165, 1.54) is 10.6 Å². The molecule has 4 heterocycles. The van der Waals surface area contributed by atoms with Crippen molar-refractivity contribution in [1.82, 2.24) is 19.2 Å². The van der Waals surface area contributed by atoms with Crippen molar-refractivity contribution < 1.29 is 17.9 Å². The third-order valence-corrected chi connectivity index (χ3v) is 8.36. The van der Waals surface area contributed by atoms with E-state index in [1.54, 1.807) is 0 Å². The smallest absolute Gasteiger partial charge is 0.410 e. The summed E-state index contributed by atoms with van der Waals surface area (Å²) in [5.74, 6) is 0. The van der Waals surface area contributed by atoms with Gasteiger partial charge in [-0.2, -0.15) is 4.31 Å². The van der Waals surface area contributed by atoms with E-state index < -0.39 is 15.6 Å². The van der Waals surface area contributed by atoms with Gasteiger partial charge in [-0.05, 0) is 93.0 Å². The highest BCUT2D eigenvalue weighted by Gasteiger charge is 2.36. The van der Waals surface area contributed by atoms with Crippen LogP contribution in [-0.4, -0.2) is 58.6 Å². The SMILES string of the molecule is Cc1c[nH]c2ncc(-c3cc4c(c([C@@H]5CCCN5C(=O)OC(C)(C)C)c3)CCN(S(C)(=O)=O)C4)cc12. The number of likely N-dealkylation sites (tertiary alicyclic amines) is 1. The Morgan fingerprint density at radius 1 is 1.17 bits per heavy atom. The predicted octanol–water partition coefficient (Wildman–Crippen LogP) is 4.93. The fourth-order valence-corrected chi connectivity index (χ4v) is 6.17. The van der Waals surface area contributed by atoms with Gasteiger partial charge in [-0.1, -0.05) is 0 Å². The molecule has 36 heavy (non-hydrogen) atoms. The Balaban J connectivity index is 1.62. The van der Waals surface area contributed by atoms with Gasteiger partial charge in [0.25, 0.3) is 0 Å². The van der Waals surface area contributed by atoms with Gasteiger partial charge >= 0.3 is 6.09 Å². The number of aromatic nitrogens is 2. The Hall–Kier alpha value is -2.91. The van der Waals surface area contributed by atoms with Crippen LogP contribution < -0.4 is 0 Å². The molecule has 0 spiro atoms. The zero-order valence-electron chi connectivity index (χ0n) is 21.6. The molecule has 1 saturated heterocycles. The number of hydrogen-bond acceptors (Lipinski definition) is 5. The van der Waals surface area contributed by atoms with Crippen molar-refractivity contribution in [1.29, 1.82) is 0 Å². The molecular weight excluding hydrogens is 476 g/mol. The molecule has 1 aromatic carbocycles. The summed E-state index contributed by atoms with van der Waals surface area (Å²) in [5.41, 5.74) is 6.55. The summed E-state index contributed by atoms with van der Waals surface area (Å²) in [6, 6.07) is 6.28. The van der Waals surface area contributed by atoms with E-state index in [2.05, 4.69) is 28.2 Å². The molecule has 0 unspecified atom stereocenters. The molecule has 1 fully saturated rings. The summed E-state index contributed by atoms with van der Waals surface area (Å²) in [5, 5.41) is 1.06. The number of sulfonamides is 1. The predicted molar refractivity (Wildman–Crippen MR) is 140 cm³/mol. The number of carbonyl (C=O) groups excluding carboxylic acids is 1. The number of amides is 1. The first-order chi connectivity index (χ1) is 16.9. The second-order valence-corrected chi connectivity index (χ2v) is 13.0. The molecule has 5 rings (SSSR count). The highest BCUT2D eigenvalue weighted by Crippen LogP contribution is 2.40. The number of benzene rings is 1. The molecule has 3 aromatic rings. The average Bonchev–Trinajstić information content (AvgIpc) is 3.43. The Morgan fingerprint density at radius 3 is 2.67 bits per heavy atom. The fourth-order valence-electron chi connectivity index (χ4n) is 5.38. The molecule has 1 N–H and O–H groups in total. The number of rotatable bonds is 3. The maximum absolute atomic E-state index is 13.1. The number of aromatic amines is 1. The van der Waals surface area contributed by atoms with Gasteiger partial charge < -0.3 is 14.6 Å². The van der Waals surface area contributed by atoms with Crippen LogP contribution >= 0.6 is 0 Å². The van der Waals surface area contributed by atoms with Gasteiger partial charge in [0.2, 0.25) is 10.0 Å². The first-order valence-corrected chi connectivity index (χ1v) is 14.3. The summed E-state index contributed by atoms with van der Waals surface area (Å²) >= 11 is 0. The first kappa shape index (κ1) is 24.8. The quantitative estimate of drug-likeness (QED) is 0.539. The van der Waals surface area contributed by atoms with Crippen molar-refractivity contribution in [3.8, 4) is 11.1 Å². The Kier molecular flexibility index (Phi) is 6.11. The van der Waals surface area contributed by atoms with Crippen molar-refractivity contribution in [2.75, 3.05) is 19.3 Å². The van der Waals surface area contributed by atoms with E-state index in [-0.39, 0.29) is 12.1 Å². The van der Waals surface area contributed by atoms with E-state index in [0.717, 1.165) is 57.3 Å². The monoisotopic (exact) mass is 510 g/mol. The van der Waals surface area contributed by atoms with Gasteiger partial charge in [-0.3, -0.25) is 0 Å². The van der Waals surface area contributed by atoms with Gasteiger partial charge in [0.15, 0.2) is 0 Å². The summed E-state index contributed by atoms with van der Waals surface area (Å²) in [6.45, 7) is 9.09. The van der Waals surface area contributed by atoms with Gasteiger partial charge in [0.05, 0.1) is 12.3 Å². The molecule has 2 aliphatic rings. The average molecular weight is 511 g/mol. The van der Waals surface area contributed by atoms with E-state index in [9.17, 15) is 13.2 Å². The summed E-state index contributed by atoms with van der Waals surface area (Å²) in [7, 11) is -3.32. The molecule has 0 bridgehead atoms. The van der Waals surface area contributed by atoms with Crippen LogP contribution in [0.4, 0.5) is 4.79 Å². The second kappa shape index (κ2) is 8.88. The van der Waals surface area contributed by atoms with Crippen molar-refractivity contribution in [3.63, 3.8) is 0 Å². The lowest BCUT2D eigenvalue weighted by Gasteiger charge is -2.33. The van der Waals surface area contributed by atoms with Crippen LogP contribution in [0.5, 0.6) is 0 Å². The zero-order valence-corrected chi connectivity index (χ0v) is 22.4. The van der Waals surface area contributed by atoms with Crippen molar-refractivity contribution in [2.45, 2.75) is 65.1 Å².